The molecular formula is C29H44O2. The number of hydrogen-bond acceptors (Lipinski definition) is 2. The van der Waals surface area contributed by atoms with Crippen molar-refractivity contribution in [2.45, 2.75) is 116 Å². The molecule has 0 bridgehead atoms. The van der Waals surface area contributed by atoms with Crippen molar-refractivity contribution in [3.63, 3.8) is 0 Å². The Morgan fingerprint density at radius 1 is 0.839 bits per heavy atom. The highest BCUT2D eigenvalue weighted by molar-refractivity contribution is 5.90. The first-order valence-corrected chi connectivity index (χ1v) is 13.2. The smallest absolute Gasteiger partial charge is 0.338 e. The number of ether oxygens (including phenoxy) is 1. The second-order valence-electron chi connectivity index (χ2n) is 9.99. The maximum atomic E-state index is 12.6. The Labute approximate surface area is 190 Å². The van der Waals surface area contributed by atoms with Crippen LogP contribution in [0.3, 0.4) is 0 Å². The average molecular weight is 425 g/mol. The summed E-state index contributed by atoms with van der Waals surface area (Å²) >= 11 is 0. The molecule has 0 spiro atoms. The zero-order valence-corrected chi connectivity index (χ0v) is 20.0. The minimum atomic E-state index is -0.143. The summed E-state index contributed by atoms with van der Waals surface area (Å²) in [6.07, 6.45) is 21.5. The van der Waals surface area contributed by atoms with Crippen molar-refractivity contribution >= 4 is 11.5 Å². The summed E-state index contributed by atoms with van der Waals surface area (Å²) in [7, 11) is 0. The number of carbonyl (C=O) groups excluding carboxylic acids is 1. The molecule has 3 rings (SSSR count). The van der Waals surface area contributed by atoms with E-state index in [1.165, 1.54) is 94.6 Å². The van der Waals surface area contributed by atoms with Crippen molar-refractivity contribution in [1.82, 2.24) is 0 Å². The first-order valence-electron chi connectivity index (χ1n) is 13.2. The largest absolute Gasteiger partial charge is 0.459 e. The molecule has 0 saturated heterocycles. The Morgan fingerprint density at radius 3 is 2.19 bits per heavy atom. The van der Waals surface area contributed by atoms with Crippen LogP contribution in [0.1, 0.15) is 126 Å². The summed E-state index contributed by atoms with van der Waals surface area (Å²) in [5.74, 6) is 1.57. The van der Waals surface area contributed by atoms with Crippen molar-refractivity contribution in [2.75, 3.05) is 0 Å². The van der Waals surface area contributed by atoms with Gasteiger partial charge in [-0.05, 0) is 80.1 Å². The van der Waals surface area contributed by atoms with Gasteiger partial charge < -0.3 is 4.74 Å². The Morgan fingerprint density at radius 2 is 1.55 bits per heavy atom. The lowest BCUT2D eigenvalue weighted by Gasteiger charge is -2.28. The molecule has 1 aromatic carbocycles. The summed E-state index contributed by atoms with van der Waals surface area (Å²) in [6.45, 7) is 4.54. The molecule has 0 heterocycles. The molecule has 0 N–H and O–H groups in total. The number of carbonyl (C=O) groups is 1. The maximum Gasteiger partial charge on any atom is 0.338 e. The minimum absolute atomic E-state index is 0.111. The van der Waals surface area contributed by atoms with Gasteiger partial charge in [-0.15, -0.1) is 0 Å². The number of benzene rings is 1. The zero-order valence-electron chi connectivity index (χ0n) is 20.0. The van der Waals surface area contributed by atoms with Crippen LogP contribution < -0.4 is 0 Å². The number of rotatable bonds is 11. The van der Waals surface area contributed by atoms with Crippen LogP contribution in [-0.2, 0) is 4.74 Å². The molecule has 0 aliphatic heterocycles. The van der Waals surface area contributed by atoms with E-state index in [1.54, 1.807) is 0 Å². The van der Waals surface area contributed by atoms with Gasteiger partial charge in [-0.3, -0.25) is 0 Å². The van der Waals surface area contributed by atoms with Crippen LogP contribution in [0, 0.1) is 11.8 Å². The molecule has 2 heteroatoms. The van der Waals surface area contributed by atoms with Gasteiger partial charge in [0.05, 0.1) is 5.56 Å². The first-order chi connectivity index (χ1) is 15.2. The highest BCUT2D eigenvalue weighted by Crippen LogP contribution is 2.33. The summed E-state index contributed by atoms with van der Waals surface area (Å²) in [6, 6.07) is 8.14. The lowest BCUT2D eigenvalue weighted by Crippen LogP contribution is -2.24. The molecule has 1 unspecified atom stereocenters. The minimum Gasteiger partial charge on any atom is -0.459 e. The molecule has 2 aliphatic rings. The van der Waals surface area contributed by atoms with Gasteiger partial charge in [-0.1, -0.05) is 83.4 Å². The molecule has 172 valence electrons. The van der Waals surface area contributed by atoms with Crippen molar-refractivity contribution in [3.8, 4) is 0 Å². The summed E-state index contributed by atoms with van der Waals surface area (Å²) < 4.78 is 5.85. The SMILES string of the molecule is CCCCCCC1CCC(OC(=O)c2ccc(C3=CCC(CCCC)CC3)cc2)CC1. The fourth-order valence-electron chi connectivity index (χ4n) is 5.34. The Bertz CT molecular complexity index is 679. The Hall–Kier alpha value is -1.57. The van der Waals surface area contributed by atoms with Crippen molar-refractivity contribution in [3.05, 3.63) is 41.5 Å². The zero-order chi connectivity index (χ0) is 21.9. The van der Waals surface area contributed by atoms with Gasteiger partial charge >= 0.3 is 5.97 Å². The van der Waals surface area contributed by atoms with Crippen LogP contribution >= 0.6 is 0 Å². The van der Waals surface area contributed by atoms with Gasteiger partial charge in [0.25, 0.3) is 0 Å². The average Bonchev–Trinajstić information content (AvgIpc) is 2.82. The molecule has 1 saturated carbocycles. The van der Waals surface area contributed by atoms with E-state index in [-0.39, 0.29) is 12.1 Å². The van der Waals surface area contributed by atoms with Gasteiger partial charge in [0.15, 0.2) is 0 Å². The molecule has 0 radical (unpaired) electrons. The summed E-state index contributed by atoms with van der Waals surface area (Å²) in [5, 5.41) is 0. The lowest BCUT2D eigenvalue weighted by atomic mass is 9.84. The lowest BCUT2D eigenvalue weighted by molar-refractivity contribution is 0.0161. The molecule has 2 aliphatic carbocycles. The molecule has 1 fully saturated rings. The standard InChI is InChI=1S/C29H44O2/c1-3-5-7-8-10-24-13-21-28(22-14-24)31-29(30)27-19-17-26(18-20-27)25-15-11-23(12-16-25)9-6-4-2/h15,17-20,23-24,28H,3-14,16,21-22H2,1-2H3. The van der Waals surface area contributed by atoms with E-state index in [4.69, 9.17) is 4.74 Å². The molecule has 0 aromatic heterocycles. The molecule has 1 aromatic rings. The highest BCUT2D eigenvalue weighted by Gasteiger charge is 2.24. The molecule has 31 heavy (non-hydrogen) atoms. The third-order valence-corrected chi connectivity index (χ3v) is 7.51. The predicted molar refractivity (Wildman–Crippen MR) is 131 cm³/mol. The van der Waals surface area contributed by atoms with Gasteiger partial charge in [-0.25, -0.2) is 4.79 Å². The molecular weight excluding hydrogens is 380 g/mol. The van der Waals surface area contributed by atoms with Gasteiger partial charge in [0, 0.05) is 0 Å². The van der Waals surface area contributed by atoms with E-state index < -0.39 is 0 Å². The summed E-state index contributed by atoms with van der Waals surface area (Å²) in [5.41, 5.74) is 3.42. The Kier molecular flexibility index (Phi) is 10.2. The van der Waals surface area contributed by atoms with Crippen molar-refractivity contribution in [2.24, 2.45) is 11.8 Å². The number of hydrogen-bond donors (Lipinski definition) is 0. The third kappa shape index (κ3) is 7.81. The number of esters is 1. The number of unbranched alkanes of at least 4 members (excludes halogenated alkanes) is 4. The molecule has 0 amide bonds. The van der Waals surface area contributed by atoms with E-state index in [0.717, 1.165) is 24.7 Å². The maximum absolute atomic E-state index is 12.6. The quantitative estimate of drug-likeness (QED) is 0.262. The van der Waals surface area contributed by atoms with Gasteiger partial charge in [-0.2, -0.15) is 0 Å². The van der Waals surface area contributed by atoms with Gasteiger partial charge in [0.1, 0.15) is 6.10 Å². The molecule has 1 atom stereocenters. The first kappa shape index (κ1) is 24.1. The number of allylic oxidation sites excluding steroid dienone is 2. The van der Waals surface area contributed by atoms with E-state index in [2.05, 4.69) is 32.1 Å². The fraction of sp³-hybridized carbons (Fsp3) is 0.690. The van der Waals surface area contributed by atoms with Gasteiger partial charge in [0.2, 0.25) is 0 Å². The van der Waals surface area contributed by atoms with Crippen LogP contribution in [0.2, 0.25) is 0 Å². The summed E-state index contributed by atoms with van der Waals surface area (Å²) in [4.78, 5) is 12.6. The predicted octanol–water partition coefficient (Wildman–Crippen LogP) is 8.75. The topological polar surface area (TPSA) is 26.3 Å². The molecule has 2 nitrogen and oxygen atoms in total. The van der Waals surface area contributed by atoms with Crippen LogP contribution in [0.5, 0.6) is 0 Å². The fourth-order valence-corrected chi connectivity index (χ4v) is 5.34. The van der Waals surface area contributed by atoms with E-state index >= 15 is 0 Å². The van der Waals surface area contributed by atoms with E-state index in [0.29, 0.717) is 5.56 Å². The van der Waals surface area contributed by atoms with E-state index in [1.807, 2.05) is 12.1 Å². The monoisotopic (exact) mass is 424 g/mol. The second kappa shape index (κ2) is 13.1. The second-order valence-corrected chi connectivity index (χ2v) is 9.99. The van der Waals surface area contributed by atoms with Crippen LogP contribution in [0.4, 0.5) is 0 Å². The van der Waals surface area contributed by atoms with E-state index in [9.17, 15) is 4.79 Å². The normalized spacial score (nSPS) is 23.9. The highest BCUT2D eigenvalue weighted by atomic mass is 16.5. The van der Waals surface area contributed by atoms with Crippen molar-refractivity contribution in [1.29, 1.82) is 0 Å². The third-order valence-electron chi connectivity index (χ3n) is 7.51. The van der Waals surface area contributed by atoms with Crippen LogP contribution in [-0.4, -0.2) is 12.1 Å². The van der Waals surface area contributed by atoms with Crippen molar-refractivity contribution < 1.29 is 9.53 Å². The van der Waals surface area contributed by atoms with Crippen LogP contribution in [0.15, 0.2) is 30.3 Å². The Balaban J connectivity index is 1.41. The van der Waals surface area contributed by atoms with Crippen LogP contribution in [0.25, 0.3) is 5.57 Å².